The van der Waals surface area contributed by atoms with Crippen molar-refractivity contribution in [3.05, 3.63) is 11.6 Å². The number of carbonyl (C=O) groups excluding carboxylic acids is 1. The Bertz CT molecular complexity index is 216. The summed E-state index contributed by atoms with van der Waals surface area (Å²) in [5.41, 5.74) is 1.05. The van der Waals surface area contributed by atoms with E-state index in [1.165, 1.54) is 0 Å². The van der Waals surface area contributed by atoms with E-state index in [-0.39, 0.29) is 12.2 Å². The second-order valence-electron chi connectivity index (χ2n) is 3.18. The first-order chi connectivity index (χ1) is 6.02. The number of ketones is 1. The van der Waals surface area contributed by atoms with Crippen molar-refractivity contribution in [2.24, 2.45) is 0 Å². The molecule has 0 fully saturated rings. The van der Waals surface area contributed by atoms with Gasteiger partial charge in [0.2, 0.25) is 0 Å². The van der Waals surface area contributed by atoms with Crippen LogP contribution in [0, 0.1) is 0 Å². The molecule has 0 aliphatic rings. The number of hydrogen-bond acceptors (Lipinski definition) is 2. The molecule has 0 unspecified atom stereocenters. The first-order valence-electron chi connectivity index (χ1n) is 4.39. The molecule has 0 aromatic heterocycles. The van der Waals surface area contributed by atoms with Crippen LogP contribution in [0.2, 0.25) is 0 Å². The normalized spacial score (nSPS) is 11.4. The van der Waals surface area contributed by atoms with Crippen molar-refractivity contribution in [2.45, 2.75) is 39.5 Å². The third kappa shape index (κ3) is 8.79. The van der Waals surface area contributed by atoms with E-state index in [2.05, 4.69) is 0 Å². The van der Waals surface area contributed by atoms with Gasteiger partial charge in [0.15, 0.2) is 0 Å². The fourth-order valence-electron chi connectivity index (χ4n) is 0.928. The van der Waals surface area contributed by atoms with Crippen LogP contribution in [0.1, 0.15) is 39.5 Å². The Labute approximate surface area is 78.5 Å². The summed E-state index contributed by atoms with van der Waals surface area (Å²) in [6, 6.07) is 0. The van der Waals surface area contributed by atoms with Crippen molar-refractivity contribution in [1.29, 1.82) is 0 Å². The number of rotatable bonds is 6. The molecule has 0 aromatic rings. The predicted octanol–water partition coefficient (Wildman–Crippen LogP) is 2.17. The molecule has 0 aliphatic carbocycles. The summed E-state index contributed by atoms with van der Waals surface area (Å²) >= 11 is 0. The maximum Gasteiger partial charge on any atom is 0.303 e. The standard InChI is InChI=1S/C10H16O3/c1-8(6-7-10(12)13)4-3-5-9(2)11/h4H,3,5-7H2,1-2H3,(H,12,13). The van der Waals surface area contributed by atoms with E-state index in [0.717, 1.165) is 12.0 Å². The van der Waals surface area contributed by atoms with E-state index >= 15 is 0 Å². The highest BCUT2D eigenvalue weighted by molar-refractivity contribution is 5.75. The highest BCUT2D eigenvalue weighted by Gasteiger charge is 1.97. The summed E-state index contributed by atoms with van der Waals surface area (Å²) in [6.07, 6.45) is 3.95. The lowest BCUT2D eigenvalue weighted by Crippen LogP contribution is -1.94. The number of aliphatic carboxylic acids is 1. The van der Waals surface area contributed by atoms with Crippen LogP contribution in [0.5, 0.6) is 0 Å². The molecule has 0 saturated carbocycles. The molecule has 74 valence electrons. The highest BCUT2D eigenvalue weighted by Crippen LogP contribution is 2.06. The van der Waals surface area contributed by atoms with Gasteiger partial charge in [-0.3, -0.25) is 4.79 Å². The molecule has 0 atom stereocenters. The fourth-order valence-corrected chi connectivity index (χ4v) is 0.928. The van der Waals surface area contributed by atoms with Crippen LogP contribution >= 0.6 is 0 Å². The molecule has 0 saturated heterocycles. The Morgan fingerprint density at radius 3 is 2.23 bits per heavy atom. The minimum atomic E-state index is -0.778. The largest absolute Gasteiger partial charge is 0.481 e. The third-order valence-corrected chi connectivity index (χ3v) is 1.72. The van der Waals surface area contributed by atoms with Gasteiger partial charge in [0.25, 0.3) is 0 Å². The molecule has 0 amide bonds. The molecule has 0 aliphatic heterocycles. The maximum atomic E-state index is 10.6. The number of allylic oxidation sites excluding steroid dienone is 2. The SMILES string of the molecule is CC(=O)CCC=C(C)CCC(=O)O. The Balaban J connectivity index is 3.63. The van der Waals surface area contributed by atoms with Crippen LogP contribution in [-0.4, -0.2) is 16.9 Å². The summed E-state index contributed by atoms with van der Waals surface area (Å²) in [5, 5.41) is 8.39. The molecule has 0 radical (unpaired) electrons. The summed E-state index contributed by atoms with van der Waals surface area (Å²) in [4.78, 5) is 20.8. The van der Waals surface area contributed by atoms with E-state index in [4.69, 9.17) is 5.11 Å². The van der Waals surface area contributed by atoms with Gasteiger partial charge in [-0.25, -0.2) is 0 Å². The number of carboxylic acid groups (broad SMARTS) is 1. The van der Waals surface area contributed by atoms with Gasteiger partial charge in [-0.05, 0) is 26.7 Å². The van der Waals surface area contributed by atoms with Crippen molar-refractivity contribution < 1.29 is 14.7 Å². The zero-order chi connectivity index (χ0) is 10.3. The quantitative estimate of drug-likeness (QED) is 0.643. The van der Waals surface area contributed by atoms with Gasteiger partial charge < -0.3 is 9.90 Å². The molecular weight excluding hydrogens is 168 g/mol. The van der Waals surface area contributed by atoms with E-state index < -0.39 is 5.97 Å². The van der Waals surface area contributed by atoms with Crippen LogP contribution in [0.4, 0.5) is 0 Å². The van der Waals surface area contributed by atoms with E-state index in [1.54, 1.807) is 6.92 Å². The lowest BCUT2D eigenvalue weighted by atomic mass is 10.1. The molecule has 1 N–H and O–H groups in total. The van der Waals surface area contributed by atoms with Crippen molar-refractivity contribution >= 4 is 11.8 Å². The van der Waals surface area contributed by atoms with Crippen LogP contribution in [-0.2, 0) is 9.59 Å². The van der Waals surface area contributed by atoms with Gasteiger partial charge in [0.1, 0.15) is 5.78 Å². The topological polar surface area (TPSA) is 54.4 Å². The Kier molecular flexibility index (Phi) is 5.85. The zero-order valence-electron chi connectivity index (χ0n) is 8.17. The summed E-state index contributed by atoms with van der Waals surface area (Å²) in [6.45, 7) is 3.45. The first kappa shape index (κ1) is 11.9. The third-order valence-electron chi connectivity index (χ3n) is 1.72. The minimum absolute atomic E-state index is 0.169. The van der Waals surface area contributed by atoms with Crippen LogP contribution in [0.15, 0.2) is 11.6 Å². The molecule has 0 spiro atoms. The van der Waals surface area contributed by atoms with Gasteiger partial charge in [-0.15, -0.1) is 0 Å². The van der Waals surface area contributed by atoms with E-state index in [9.17, 15) is 9.59 Å². The van der Waals surface area contributed by atoms with Crippen LogP contribution in [0.3, 0.4) is 0 Å². The van der Waals surface area contributed by atoms with Gasteiger partial charge in [0.05, 0.1) is 0 Å². The monoisotopic (exact) mass is 184 g/mol. The molecule has 0 rings (SSSR count). The minimum Gasteiger partial charge on any atom is -0.481 e. The van der Waals surface area contributed by atoms with Crippen molar-refractivity contribution in [3.8, 4) is 0 Å². The summed E-state index contributed by atoms with van der Waals surface area (Å²) in [5.74, 6) is -0.610. The predicted molar refractivity (Wildman–Crippen MR) is 50.5 cm³/mol. The van der Waals surface area contributed by atoms with Gasteiger partial charge in [-0.2, -0.15) is 0 Å². The molecule has 3 nitrogen and oxygen atoms in total. The molecule has 0 bridgehead atoms. The highest BCUT2D eigenvalue weighted by atomic mass is 16.4. The molecule has 3 heteroatoms. The first-order valence-corrected chi connectivity index (χ1v) is 4.39. The Morgan fingerprint density at radius 1 is 1.15 bits per heavy atom. The van der Waals surface area contributed by atoms with Crippen LogP contribution in [0.25, 0.3) is 0 Å². The van der Waals surface area contributed by atoms with Gasteiger partial charge in [0, 0.05) is 12.8 Å². The molecule has 0 heterocycles. The second kappa shape index (κ2) is 6.40. The van der Waals surface area contributed by atoms with E-state index in [0.29, 0.717) is 12.8 Å². The summed E-state index contributed by atoms with van der Waals surface area (Å²) < 4.78 is 0. The zero-order valence-corrected chi connectivity index (χ0v) is 8.17. The Morgan fingerprint density at radius 2 is 1.77 bits per heavy atom. The number of hydrogen-bond donors (Lipinski definition) is 1. The number of carbonyl (C=O) groups is 2. The van der Waals surface area contributed by atoms with Gasteiger partial charge >= 0.3 is 5.97 Å². The Hall–Kier alpha value is -1.12. The second-order valence-corrected chi connectivity index (χ2v) is 3.18. The number of Topliss-reactive ketones (excluding diaryl/α,β-unsaturated/α-hetero) is 1. The molecule has 0 aromatic carbocycles. The average Bonchev–Trinajstić information content (AvgIpc) is 2.00. The van der Waals surface area contributed by atoms with Crippen LogP contribution < -0.4 is 0 Å². The van der Waals surface area contributed by atoms with E-state index in [1.807, 2.05) is 13.0 Å². The molecule has 13 heavy (non-hydrogen) atoms. The lowest BCUT2D eigenvalue weighted by Gasteiger charge is -1.97. The lowest BCUT2D eigenvalue weighted by molar-refractivity contribution is -0.137. The van der Waals surface area contributed by atoms with Gasteiger partial charge in [-0.1, -0.05) is 11.6 Å². The molecular formula is C10H16O3. The fraction of sp³-hybridized carbons (Fsp3) is 0.600. The smallest absolute Gasteiger partial charge is 0.303 e. The number of carboxylic acids is 1. The average molecular weight is 184 g/mol. The van der Waals surface area contributed by atoms with Crippen molar-refractivity contribution in [1.82, 2.24) is 0 Å². The van der Waals surface area contributed by atoms with Crippen molar-refractivity contribution in [2.75, 3.05) is 0 Å². The van der Waals surface area contributed by atoms with Crippen molar-refractivity contribution in [3.63, 3.8) is 0 Å². The maximum absolute atomic E-state index is 10.6. The summed E-state index contributed by atoms with van der Waals surface area (Å²) in [7, 11) is 0.